The molecule has 0 bridgehead atoms. The quantitative estimate of drug-likeness (QED) is 0.617. The molecule has 6 nitrogen and oxygen atoms in total. The van der Waals surface area contributed by atoms with Crippen molar-refractivity contribution >= 4 is 32.7 Å². The van der Waals surface area contributed by atoms with E-state index in [1.807, 2.05) is 24.3 Å². The van der Waals surface area contributed by atoms with Gasteiger partial charge in [0.05, 0.1) is 10.9 Å². The Bertz CT molecular complexity index is 1160. The molecular formula is C22H24BrN3O3. The van der Waals surface area contributed by atoms with Gasteiger partial charge in [-0.05, 0) is 36.8 Å². The molecule has 0 saturated carbocycles. The second kappa shape index (κ2) is 8.37. The lowest BCUT2D eigenvalue weighted by molar-refractivity contribution is -0.121. The highest BCUT2D eigenvalue weighted by Crippen LogP contribution is 2.24. The van der Waals surface area contributed by atoms with Gasteiger partial charge < -0.3 is 5.32 Å². The minimum absolute atomic E-state index is 0.143. The van der Waals surface area contributed by atoms with Gasteiger partial charge in [0.25, 0.3) is 5.56 Å². The Morgan fingerprint density at radius 2 is 1.69 bits per heavy atom. The lowest BCUT2D eigenvalue weighted by atomic mass is 9.84. The van der Waals surface area contributed by atoms with Gasteiger partial charge in [0.1, 0.15) is 6.54 Å². The third kappa shape index (κ3) is 4.34. The van der Waals surface area contributed by atoms with Crippen LogP contribution in [0, 0.1) is 0 Å². The molecule has 29 heavy (non-hydrogen) atoms. The molecule has 0 aliphatic heterocycles. The summed E-state index contributed by atoms with van der Waals surface area (Å²) in [6, 6.07) is 14.8. The molecule has 1 aromatic heterocycles. The number of carbonyl (C=O) groups is 1. The summed E-state index contributed by atoms with van der Waals surface area (Å²) in [7, 11) is 0. The van der Waals surface area contributed by atoms with E-state index >= 15 is 0 Å². The maximum absolute atomic E-state index is 12.8. The molecule has 0 unspecified atom stereocenters. The van der Waals surface area contributed by atoms with Crippen LogP contribution in [0.4, 0.5) is 0 Å². The summed E-state index contributed by atoms with van der Waals surface area (Å²) in [6.45, 7) is 6.37. The van der Waals surface area contributed by atoms with Crippen LogP contribution in [-0.2, 0) is 23.3 Å². The van der Waals surface area contributed by atoms with E-state index in [-0.39, 0.29) is 30.0 Å². The molecule has 1 heterocycles. The molecular weight excluding hydrogens is 434 g/mol. The summed E-state index contributed by atoms with van der Waals surface area (Å²) in [6.07, 6.45) is 0. The number of rotatable bonds is 6. The molecule has 0 radical (unpaired) electrons. The van der Waals surface area contributed by atoms with Crippen LogP contribution in [0.3, 0.4) is 0 Å². The largest absolute Gasteiger partial charge is 0.354 e. The Balaban J connectivity index is 1.84. The van der Waals surface area contributed by atoms with E-state index in [9.17, 15) is 14.4 Å². The summed E-state index contributed by atoms with van der Waals surface area (Å²) in [4.78, 5) is 37.9. The number of nitrogens with zero attached hydrogens (tertiary/aromatic N) is 2. The molecule has 0 aliphatic carbocycles. The van der Waals surface area contributed by atoms with Crippen molar-refractivity contribution in [1.29, 1.82) is 0 Å². The van der Waals surface area contributed by atoms with Gasteiger partial charge in [0.2, 0.25) is 5.91 Å². The molecule has 3 aromatic rings. The molecule has 1 N–H and O–H groups in total. The number of aromatic nitrogens is 2. The molecule has 7 heteroatoms. The first kappa shape index (κ1) is 21.0. The van der Waals surface area contributed by atoms with E-state index < -0.39 is 5.69 Å². The minimum atomic E-state index is -0.474. The van der Waals surface area contributed by atoms with E-state index in [4.69, 9.17) is 0 Å². The van der Waals surface area contributed by atoms with Gasteiger partial charge in [-0.3, -0.25) is 18.7 Å². The van der Waals surface area contributed by atoms with E-state index in [1.54, 1.807) is 31.2 Å². The van der Waals surface area contributed by atoms with Gasteiger partial charge in [-0.1, -0.05) is 54.0 Å². The Kier molecular flexibility index (Phi) is 6.07. The molecule has 0 aliphatic rings. The van der Waals surface area contributed by atoms with Crippen molar-refractivity contribution in [2.24, 2.45) is 0 Å². The van der Waals surface area contributed by atoms with E-state index in [2.05, 4.69) is 35.1 Å². The second-order valence-electron chi connectivity index (χ2n) is 7.60. The van der Waals surface area contributed by atoms with Crippen LogP contribution in [0.25, 0.3) is 10.9 Å². The molecule has 0 atom stereocenters. The second-order valence-corrected chi connectivity index (χ2v) is 8.52. The maximum atomic E-state index is 12.8. The summed E-state index contributed by atoms with van der Waals surface area (Å²) in [5.74, 6) is -0.274. The first-order valence-corrected chi connectivity index (χ1v) is 10.3. The van der Waals surface area contributed by atoms with Crippen molar-refractivity contribution in [3.63, 3.8) is 0 Å². The smallest absolute Gasteiger partial charge is 0.331 e. The van der Waals surface area contributed by atoms with Crippen molar-refractivity contribution in [3.05, 3.63) is 79.4 Å². The summed E-state index contributed by atoms with van der Waals surface area (Å²) in [5.41, 5.74) is 0.489. The average Bonchev–Trinajstić information content (AvgIpc) is 2.70. The first-order valence-electron chi connectivity index (χ1n) is 9.49. The number of para-hydroxylation sites is 1. The van der Waals surface area contributed by atoms with Crippen LogP contribution in [0.1, 0.15) is 26.3 Å². The number of halogens is 1. The normalized spacial score (nSPS) is 11.6. The minimum Gasteiger partial charge on any atom is -0.354 e. The van der Waals surface area contributed by atoms with E-state index in [0.29, 0.717) is 17.4 Å². The van der Waals surface area contributed by atoms with Gasteiger partial charge in [0.15, 0.2) is 0 Å². The van der Waals surface area contributed by atoms with Crippen LogP contribution in [0.5, 0.6) is 0 Å². The fourth-order valence-corrected chi connectivity index (χ4v) is 3.59. The molecule has 0 saturated heterocycles. The monoisotopic (exact) mass is 457 g/mol. The number of amides is 1. The number of hydrogen-bond donors (Lipinski definition) is 1. The lowest BCUT2D eigenvalue weighted by Crippen LogP contribution is -2.44. The predicted molar refractivity (Wildman–Crippen MR) is 118 cm³/mol. The molecule has 0 spiro atoms. The van der Waals surface area contributed by atoms with E-state index in [1.165, 1.54) is 4.57 Å². The molecule has 152 valence electrons. The maximum Gasteiger partial charge on any atom is 0.331 e. The topological polar surface area (TPSA) is 73.1 Å². The Hall–Kier alpha value is -2.67. The van der Waals surface area contributed by atoms with Crippen LogP contribution in [0.15, 0.2) is 62.6 Å². The highest BCUT2D eigenvalue weighted by atomic mass is 79.9. The van der Waals surface area contributed by atoms with E-state index in [0.717, 1.165) is 14.6 Å². The number of nitrogens with one attached hydrogen (secondary N) is 1. The molecule has 0 fully saturated rings. The zero-order chi connectivity index (χ0) is 21.2. The molecule has 1 amide bonds. The lowest BCUT2D eigenvalue weighted by Gasteiger charge is -2.26. The van der Waals surface area contributed by atoms with Crippen molar-refractivity contribution in [3.8, 4) is 0 Å². The van der Waals surface area contributed by atoms with Crippen molar-refractivity contribution in [1.82, 2.24) is 14.5 Å². The molecule has 2 aromatic carbocycles. The number of hydrogen-bond acceptors (Lipinski definition) is 3. The SMILES string of the molecule is CCn1c(=O)c2ccccc2n(CC(=O)NCC(C)(C)c2ccc(Br)cc2)c1=O. The fraction of sp³-hybridized carbons (Fsp3) is 0.318. The van der Waals surface area contributed by atoms with Gasteiger partial charge in [-0.15, -0.1) is 0 Å². The third-order valence-electron chi connectivity index (χ3n) is 5.10. The number of fused-ring (bicyclic) bond motifs is 1. The summed E-state index contributed by atoms with van der Waals surface area (Å²) >= 11 is 3.43. The zero-order valence-electron chi connectivity index (χ0n) is 16.7. The van der Waals surface area contributed by atoms with Gasteiger partial charge in [0, 0.05) is 23.0 Å². The summed E-state index contributed by atoms with van der Waals surface area (Å²) < 4.78 is 3.52. The standard InChI is InChI=1S/C22H24BrN3O3/c1-4-25-20(28)17-7-5-6-8-18(17)26(21(25)29)13-19(27)24-14-22(2,3)15-9-11-16(23)12-10-15/h5-12H,4,13-14H2,1-3H3,(H,24,27). The number of benzene rings is 2. The molecule has 3 rings (SSSR count). The zero-order valence-corrected chi connectivity index (χ0v) is 18.3. The van der Waals surface area contributed by atoms with Gasteiger partial charge >= 0.3 is 5.69 Å². The van der Waals surface area contributed by atoms with Crippen molar-refractivity contribution < 1.29 is 4.79 Å². The van der Waals surface area contributed by atoms with Crippen LogP contribution >= 0.6 is 15.9 Å². The van der Waals surface area contributed by atoms with Crippen LogP contribution in [0.2, 0.25) is 0 Å². The third-order valence-corrected chi connectivity index (χ3v) is 5.63. The first-order chi connectivity index (χ1) is 13.7. The Morgan fingerprint density at radius 3 is 2.34 bits per heavy atom. The average molecular weight is 458 g/mol. The highest BCUT2D eigenvalue weighted by molar-refractivity contribution is 9.10. The highest BCUT2D eigenvalue weighted by Gasteiger charge is 2.22. The Labute approximate surface area is 177 Å². The predicted octanol–water partition coefficient (Wildman–Crippen LogP) is 3.04. The Morgan fingerprint density at radius 1 is 1.03 bits per heavy atom. The van der Waals surface area contributed by atoms with Crippen LogP contribution < -0.4 is 16.6 Å². The van der Waals surface area contributed by atoms with Gasteiger partial charge in [-0.2, -0.15) is 0 Å². The summed E-state index contributed by atoms with van der Waals surface area (Å²) in [5, 5.41) is 3.36. The van der Waals surface area contributed by atoms with Crippen molar-refractivity contribution in [2.45, 2.75) is 39.3 Å². The van der Waals surface area contributed by atoms with Crippen LogP contribution in [-0.4, -0.2) is 21.6 Å². The fourth-order valence-electron chi connectivity index (χ4n) is 3.32. The van der Waals surface area contributed by atoms with Crippen molar-refractivity contribution in [2.75, 3.05) is 6.54 Å². The number of carbonyl (C=O) groups excluding carboxylic acids is 1. The van der Waals surface area contributed by atoms with Gasteiger partial charge in [-0.25, -0.2) is 4.79 Å².